The molecule has 0 amide bonds. The second-order valence-corrected chi connectivity index (χ2v) is 4.46. The summed E-state index contributed by atoms with van der Waals surface area (Å²) in [6, 6.07) is 5.55. The molecule has 0 bridgehead atoms. The van der Waals surface area contributed by atoms with E-state index in [9.17, 15) is 0 Å². The Morgan fingerprint density at radius 2 is 1.94 bits per heavy atom. The van der Waals surface area contributed by atoms with E-state index in [0.29, 0.717) is 5.02 Å². The fraction of sp³-hybridized carbons (Fsp3) is 0.538. The van der Waals surface area contributed by atoms with E-state index in [1.165, 1.54) is 0 Å². The molecule has 0 saturated carbocycles. The molecule has 0 aliphatic heterocycles. The molecule has 0 aliphatic carbocycles. The van der Waals surface area contributed by atoms with Crippen molar-refractivity contribution in [1.29, 1.82) is 0 Å². The fourth-order valence-electron chi connectivity index (χ4n) is 1.62. The summed E-state index contributed by atoms with van der Waals surface area (Å²) in [5.41, 5.74) is 6.88. The molecule has 0 aliphatic rings. The van der Waals surface area contributed by atoms with E-state index in [4.69, 9.17) is 22.1 Å². The number of hydrogen-bond acceptors (Lipinski definition) is 2. The van der Waals surface area contributed by atoms with Crippen molar-refractivity contribution >= 4 is 11.6 Å². The zero-order chi connectivity index (χ0) is 12.1. The van der Waals surface area contributed by atoms with Gasteiger partial charge in [0.05, 0.1) is 6.10 Å². The van der Waals surface area contributed by atoms with Crippen LogP contribution < -0.4 is 10.5 Å². The summed E-state index contributed by atoms with van der Waals surface area (Å²) in [5, 5.41) is 0.698. The van der Waals surface area contributed by atoms with Crippen LogP contribution in [0, 0.1) is 0 Å². The molecular formula is C13H20ClNO. The average molecular weight is 242 g/mol. The standard InChI is InChI=1S/C13H20ClNO/c1-4-11(5-2)16-13-7-6-10(14)8-12(13)9(3)15/h6-9,11H,4-5,15H2,1-3H3/t9-/m1/s1. The molecule has 0 fully saturated rings. The second kappa shape index (κ2) is 6.12. The van der Waals surface area contributed by atoms with Crippen molar-refractivity contribution in [2.45, 2.75) is 45.8 Å². The lowest BCUT2D eigenvalue weighted by Crippen LogP contribution is -2.16. The zero-order valence-corrected chi connectivity index (χ0v) is 10.9. The van der Waals surface area contributed by atoms with E-state index < -0.39 is 0 Å². The Balaban J connectivity index is 2.94. The van der Waals surface area contributed by atoms with Crippen LogP contribution in [0.1, 0.15) is 45.2 Å². The first-order valence-electron chi connectivity index (χ1n) is 5.80. The number of benzene rings is 1. The van der Waals surface area contributed by atoms with Crippen molar-refractivity contribution in [3.8, 4) is 5.75 Å². The normalized spacial score (nSPS) is 12.9. The Hall–Kier alpha value is -0.730. The van der Waals surface area contributed by atoms with E-state index in [1.807, 2.05) is 25.1 Å². The van der Waals surface area contributed by atoms with Gasteiger partial charge in [0.1, 0.15) is 5.75 Å². The van der Waals surface area contributed by atoms with Crippen molar-refractivity contribution in [2.75, 3.05) is 0 Å². The third-order valence-electron chi connectivity index (χ3n) is 2.67. The molecule has 0 aromatic heterocycles. The van der Waals surface area contributed by atoms with Crippen molar-refractivity contribution in [3.05, 3.63) is 28.8 Å². The molecule has 0 saturated heterocycles. The lowest BCUT2D eigenvalue weighted by atomic mass is 10.1. The van der Waals surface area contributed by atoms with Gasteiger partial charge >= 0.3 is 0 Å². The van der Waals surface area contributed by atoms with Crippen molar-refractivity contribution in [3.63, 3.8) is 0 Å². The number of nitrogens with two attached hydrogens (primary N) is 1. The van der Waals surface area contributed by atoms with Gasteiger partial charge in [-0.15, -0.1) is 0 Å². The molecule has 3 heteroatoms. The largest absolute Gasteiger partial charge is 0.490 e. The minimum atomic E-state index is -0.0666. The first kappa shape index (κ1) is 13.3. The summed E-state index contributed by atoms with van der Waals surface area (Å²) in [5.74, 6) is 0.855. The van der Waals surface area contributed by atoms with Crippen molar-refractivity contribution < 1.29 is 4.74 Å². The second-order valence-electron chi connectivity index (χ2n) is 4.03. The van der Waals surface area contributed by atoms with Gasteiger partial charge in [-0.2, -0.15) is 0 Å². The van der Waals surface area contributed by atoms with E-state index in [2.05, 4.69) is 13.8 Å². The molecule has 90 valence electrons. The van der Waals surface area contributed by atoms with Gasteiger partial charge in [0.2, 0.25) is 0 Å². The maximum absolute atomic E-state index is 5.95. The number of ether oxygens (including phenoxy) is 1. The summed E-state index contributed by atoms with van der Waals surface area (Å²) < 4.78 is 5.92. The van der Waals surface area contributed by atoms with Crippen molar-refractivity contribution in [1.82, 2.24) is 0 Å². The SMILES string of the molecule is CCC(CC)Oc1ccc(Cl)cc1[C@@H](C)N. The first-order chi connectivity index (χ1) is 7.58. The predicted octanol–water partition coefficient (Wildman–Crippen LogP) is 3.93. The topological polar surface area (TPSA) is 35.2 Å². The molecule has 2 nitrogen and oxygen atoms in total. The molecular weight excluding hydrogens is 222 g/mol. The Labute approximate surface area is 103 Å². The van der Waals surface area contributed by atoms with E-state index in [0.717, 1.165) is 24.2 Å². The summed E-state index contributed by atoms with van der Waals surface area (Å²) in [6.07, 6.45) is 2.24. The maximum atomic E-state index is 5.95. The quantitative estimate of drug-likeness (QED) is 0.848. The Kier molecular flexibility index (Phi) is 5.10. The predicted molar refractivity (Wildman–Crippen MR) is 69.1 cm³/mol. The Morgan fingerprint density at radius 3 is 2.44 bits per heavy atom. The third kappa shape index (κ3) is 3.39. The molecule has 1 atom stereocenters. The highest BCUT2D eigenvalue weighted by atomic mass is 35.5. The van der Waals surface area contributed by atoms with Crippen LogP contribution in [0.4, 0.5) is 0 Å². The first-order valence-corrected chi connectivity index (χ1v) is 6.17. The van der Waals surface area contributed by atoms with Crippen LogP contribution in [0.3, 0.4) is 0 Å². The van der Waals surface area contributed by atoms with Gasteiger partial charge in [0.15, 0.2) is 0 Å². The van der Waals surface area contributed by atoms with E-state index >= 15 is 0 Å². The number of halogens is 1. The Morgan fingerprint density at radius 1 is 1.31 bits per heavy atom. The lowest BCUT2D eigenvalue weighted by molar-refractivity contribution is 0.190. The Bertz CT molecular complexity index is 335. The number of rotatable bonds is 5. The van der Waals surface area contributed by atoms with Crippen molar-refractivity contribution in [2.24, 2.45) is 5.73 Å². The van der Waals surface area contributed by atoms with E-state index in [-0.39, 0.29) is 12.1 Å². The molecule has 0 unspecified atom stereocenters. The molecule has 16 heavy (non-hydrogen) atoms. The fourth-order valence-corrected chi connectivity index (χ4v) is 1.80. The molecule has 1 aromatic carbocycles. The smallest absolute Gasteiger partial charge is 0.124 e. The molecule has 2 N–H and O–H groups in total. The van der Waals surface area contributed by atoms with Crippen LogP contribution in [-0.4, -0.2) is 6.10 Å². The molecule has 1 aromatic rings. The van der Waals surface area contributed by atoms with Crippen LogP contribution in [0.5, 0.6) is 5.75 Å². The molecule has 1 rings (SSSR count). The highest BCUT2D eigenvalue weighted by molar-refractivity contribution is 6.30. The lowest BCUT2D eigenvalue weighted by Gasteiger charge is -2.20. The summed E-state index contributed by atoms with van der Waals surface area (Å²) >= 11 is 5.95. The van der Waals surface area contributed by atoms with Gasteiger partial charge in [0.25, 0.3) is 0 Å². The van der Waals surface area contributed by atoms with Crippen LogP contribution in [-0.2, 0) is 0 Å². The van der Waals surface area contributed by atoms with Crippen LogP contribution >= 0.6 is 11.6 Å². The average Bonchev–Trinajstić information content (AvgIpc) is 2.27. The monoisotopic (exact) mass is 241 g/mol. The van der Waals surface area contributed by atoms with Crippen LogP contribution in [0.2, 0.25) is 5.02 Å². The van der Waals surface area contributed by atoms with Crippen LogP contribution in [0.15, 0.2) is 18.2 Å². The van der Waals surface area contributed by atoms with Gasteiger partial charge in [0, 0.05) is 16.6 Å². The maximum Gasteiger partial charge on any atom is 0.124 e. The minimum absolute atomic E-state index is 0.0666. The highest BCUT2D eigenvalue weighted by Gasteiger charge is 2.12. The zero-order valence-electron chi connectivity index (χ0n) is 10.2. The van der Waals surface area contributed by atoms with Crippen LogP contribution in [0.25, 0.3) is 0 Å². The summed E-state index contributed by atoms with van der Waals surface area (Å²) in [4.78, 5) is 0. The van der Waals surface area contributed by atoms with Gasteiger partial charge in [-0.3, -0.25) is 0 Å². The van der Waals surface area contributed by atoms with Gasteiger partial charge < -0.3 is 10.5 Å². The molecule has 0 radical (unpaired) electrons. The summed E-state index contributed by atoms with van der Waals surface area (Å²) in [7, 11) is 0. The van der Waals surface area contributed by atoms with E-state index in [1.54, 1.807) is 0 Å². The third-order valence-corrected chi connectivity index (χ3v) is 2.90. The molecule has 0 heterocycles. The van der Waals surface area contributed by atoms with Gasteiger partial charge in [-0.1, -0.05) is 25.4 Å². The number of hydrogen-bond donors (Lipinski definition) is 1. The highest BCUT2D eigenvalue weighted by Crippen LogP contribution is 2.28. The van der Waals surface area contributed by atoms with Gasteiger partial charge in [-0.05, 0) is 38.0 Å². The van der Waals surface area contributed by atoms with Gasteiger partial charge in [-0.25, -0.2) is 0 Å². The molecule has 0 spiro atoms. The summed E-state index contributed by atoms with van der Waals surface area (Å²) in [6.45, 7) is 6.18. The minimum Gasteiger partial charge on any atom is -0.490 e.